The second-order valence-electron chi connectivity index (χ2n) is 5.90. The molecule has 0 N–H and O–H groups in total. The van der Waals surface area contributed by atoms with Crippen LogP contribution in [-0.4, -0.2) is 29.2 Å². The molecule has 5 nitrogen and oxygen atoms in total. The van der Waals surface area contributed by atoms with Crippen molar-refractivity contribution in [2.24, 2.45) is 0 Å². The molecule has 0 spiro atoms. The van der Waals surface area contributed by atoms with Crippen LogP contribution in [0.5, 0.6) is 5.75 Å². The summed E-state index contributed by atoms with van der Waals surface area (Å²) in [4.78, 5) is 6.62. The van der Waals surface area contributed by atoms with E-state index in [0.29, 0.717) is 18.3 Å². The molecule has 0 saturated carbocycles. The molecule has 0 aliphatic heterocycles. The van der Waals surface area contributed by atoms with E-state index in [1.54, 1.807) is 7.11 Å². The van der Waals surface area contributed by atoms with Crippen LogP contribution in [0.2, 0.25) is 0 Å². The van der Waals surface area contributed by atoms with Gasteiger partial charge in [-0.25, -0.2) is 0 Å². The molecule has 0 bridgehead atoms. The second kappa shape index (κ2) is 7.27. The van der Waals surface area contributed by atoms with Gasteiger partial charge >= 0.3 is 0 Å². The molecule has 2 aromatic carbocycles. The number of benzene rings is 2. The molecular weight excluding hydrogens is 302 g/mol. The third-order valence-corrected chi connectivity index (χ3v) is 3.77. The number of aromatic nitrogens is 2. The fourth-order valence-corrected chi connectivity index (χ4v) is 2.49. The Morgan fingerprint density at radius 2 is 1.88 bits per heavy atom. The lowest BCUT2D eigenvalue weighted by Crippen LogP contribution is -2.17. The maximum atomic E-state index is 5.38. The molecule has 0 aliphatic carbocycles. The zero-order valence-electron chi connectivity index (χ0n) is 14.2. The number of ether oxygens (including phenoxy) is 1. The van der Waals surface area contributed by atoms with Gasteiger partial charge in [0.1, 0.15) is 5.75 Å². The van der Waals surface area contributed by atoms with Crippen molar-refractivity contribution in [3.8, 4) is 17.1 Å². The Hall–Kier alpha value is -2.66. The van der Waals surface area contributed by atoms with E-state index < -0.39 is 0 Å². The van der Waals surface area contributed by atoms with Crippen molar-refractivity contribution in [1.82, 2.24) is 15.0 Å². The SMILES string of the molecule is COc1cccc(-c2noc(CN(C)Cc3ccc(C)cc3)n2)c1. The first-order valence-corrected chi connectivity index (χ1v) is 7.85. The molecule has 1 aromatic heterocycles. The Bertz CT molecular complexity index is 796. The van der Waals surface area contributed by atoms with E-state index in [4.69, 9.17) is 9.26 Å². The zero-order valence-corrected chi connectivity index (χ0v) is 14.2. The molecule has 3 aromatic rings. The monoisotopic (exact) mass is 323 g/mol. The van der Waals surface area contributed by atoms with Crippen LogP contribution in [0, 0.1) is 6.92 Å². The van der Waals surface area contributed by atoms with Gasteiger partial charge in [0.25, 0.3) is 0 Å². The van der Waals surface area contributed by atoms with Gasteiger partial charge in [0.2, 0.25) is 11.7 Å². The lowest BCUT2D eigenvalue weighted by molar-refractivity contribution is 0.261. The van der Waals surface area contributed by atoms with E-state index in [9.17, 15) is 0 Å². The minimum absolute atomic E-state index is 0.577. The van der Waals surface area contributed by atoms with Crippen molar-refractivity contribution in [2.75, 3.05) is 14.2 Å². The van der Waals surface area contributed by atoms with Gasteiger partial charge in [0, 0.05) is 12.1 Å². The fourth-order valence-electron chi connectivity index (χ4n) is 2.49. The van der Waals surface area contributed by atoms with Crippen molar-refractivity contribution in [1.29, 1.82) is 0 Å². The summed E-state index contributed by atoms with van der Waals surface area (Å²) in [5.41, 5.74) is 3.41. The van der Waals surface area contributed by atoms with E-state index in [1.807, 2.05) is 31.3 Å². The van der Waals surface area contributed by atoms with Crippen LogP contribution in [0.15, 0.2) is 53.1 Å². The van der Waals surface area contributed by atoms with E-state index in [0.717, 1.165) is 17.9 Å². The molecule has 0 atom stereocenters. The van der Waals surface area contributed by atoms with E-state index >= 15 is 0 Å². The predicted octanol–water partition coefficient (Wildman–Crippen LogP) is 3.69. The van der Waals surface area contributed by atoms with Gasteiger partial charge in [-0.05, 0) is 31.7 Å². The summed E-state index contributed by atoms with van der Waals surface area (Å²) < 4.78 is 10.6. The van der Waals surface area contributed by atoms with Crippen LogP contribution in [0.4, 0.5) is 0 Å². The van der Waals surface area contributed by atoms with Crippen LogP contribution in [0.3, 0.4) is 0 Å². The Kier molecular flexibility index (Phi) is 4.91. The highest BCUT2D eigenvalue weighted by atomic mass is 16.5. The summed E-state index contributed by atoms with van der Waals surface area (Å²) >= 11 is 0. The average Bonchev–Trinajstić information content (AvgIpc) is 3.05. The summed E-state index contributed by atoms with van der Waals surface area (Å²) in [5.74, 6) is 1.95. The van der Waals surface area contributed by atoms with Gasteiger partial charge in [0.05, 0.1) is 13.7 Å². The van der Waals surface area contributed by atoms with E-state index in [1.165, 1.54) is 11.1 Å². The van der Waals surface area contributed by atoms with E-state index in [2.05, 4.69) is 46.2 Å². The van der Waals surface area contributed by atoms with Crippen molar-refractivity contribution in [2.45, 2.75) is 20.0 Å². The lowest BCUT2D eigenvalue weighted by atomic mass is 10.1. The van der Waals surface area contributed by atoms with Gasteiger partial charge in [-0.2, -0.15) is 4.98 Å². The molecule has 1 heterocycles. The normalized spacial score (nSPS) is 11.0. The molecular formula is C19H21N3O2. The topological polar surface area (TPSA) is 51.4 Å². The molecule has 24 heavy (non-hydrogen) atoms. The highest BCUT2D eigenvalue weighted by Crippen LogP contribution is 2.21. The Morgan fingerprint density at radius 3 is 2.62 bits per heavy atom. The molecule has 0 unspecified atom stereocenters. The molecule has 124 valence electrons. The standard InChI is InChI=1S/C19H21N3O2/c1-14-7-9-15(10-8-14)12-22(2)13-18-20-19(21-24-18)16-5-4-6-17(11-16)23-3/h4-11H,12-13H2,1-3H3. The molecule has 0 fully saturated rings. The third-order valence-electron chi connectivity index (χ3n) is 3.77. The van der Waals surface area contributed by atoms with Gasteiger partial charge < -0.3 is 9.26 Å². The minimum Gasteiger partial charge on any atom is -0.497 e. The highest BCUT2D eigenvalue weighted by Gasteiger charge is 2.11. The van der Waals surface area contributed by atoms with Crippen molar-refractivity contribution in [3.05, 3.63) is 65.5 Å². The lowest BCUT2D eigenvalue weighted by Gasteiger charge is -2.14. The summed E-state index contributed by atoms with van der Waals surface area (Å²) in [7, 11) is 3.68. The average molecular weight is 323 g/mol. The van der Waals surface area contributed by atoms with Crippen molar-refractivity contribution >= 4 is 0 Å². The molecule has 5 heteroatoms. The zero-order chi connectivity index (χ0) is 16.9. The van der Waals surface area contributed by atoms with Gasteiger partial charge in [-0.1, -0.05) is 47.1 Å². The Labute approximate surface area is 141 Å². The quantitative estimate of drug-likeness (QED) is 0.692. The Balaban J connectivity index is 1.65. The highest BCUT2D eigenvalue weighted by molar-refractivity contribution is 5.56. The van der Waals surface area contributed by atoms with Crippen LogP contribution in [0.1, 0.15) is 17.0 Å². The minimum atomic E-state index is 0.577. The van der Waals surface area contributed by atoms with Crippen molar-refractivity contribution in [3.63, 3.8) is 0 Å². The summed E-state index contributed by atoms with van der Waals surface area (Å²) in [6, 6.07) is 16.2. The number of nitrogens with zero attached hydrogens (tertiary/aromatic N) is 3. The second-order valence-corrected chi connectivity index (χ2v) is 5.90. The van der Waals surface area contributed by atoms with Gasteiger partial charge in [-0.3, -0.25) is 4.90 Å². The van der Waals surface area contributed by atoms with Crippen LogP contribution >= 0.6 is 0 Å². The predicted molar refractivity (Wildman–Crippen MR) is 92.6 cm³/mol. The maximum absolute atomic E-state index is 5.38. The van der Waals surface area contributed by atoms with E-state index in [-0.39, 0.29) is 0 Å². The summed E-state index contributed by atoms with van der Waals surface area (Å²) in [6.07, 6.45) is 0. The van der Waals surface area contributed by atoms with Crippen LogP contribution < -0.4 is 4.74 Å². The number of methoxy groups -OCH3 is 1. The van der Waals surface area contributed by atoms with Crippen molar-refractivity contribution < 1.29 is 9.26 Å². The van der Waals surface area contributed by atoms with Gasteiger partial charge in [0.15, 0.2) is 0 Å². The first kappa shape index (κ1) is 16.2. The van der Waals surface area contributed by atoms with Crippen LogP contribution in [0.25, 0.3) is 11.4 Å². The molecule has 0 aliphatic rings. The largest absolute Gasteiger partial charge is 0.497 e. The smallest absolute Gasteiger partial charge is 0.241 e. The first-order valence-electron chi connectivity index (χ1n) is 7.85. The van der Waals surface area contributed by atoms with Crippen LogP contribution in [-0.2, 0) is 13.1 Å². The summed E-state index contributed by atoms with van der Waals surface area (Å²) in [6.45, 7) is 3.52. The summed E-state index contributed by atoms with van der Waals surface area (Å²) in [5, 5.41) is 4.07. The first-order chi connectivity index (χ1) is 11.6. The number of hydrogen-bond donors (Lipinski definition) is 0. The maximum Gasteiger partial charge on any atom is 0.241 e. The number of rotatable bonds is 6. The number of hydrogen-bond acceptors (Lipinski definition) is 5. The molecule has 0 saturated heterocycles. The third kappa shape index (κ3) is 4.00. The Morgan fingerprint density at radius 1 is 1.08 bits per heavy atom. The van der Waals surface area contributed by atoms with Gasteiger partial charge in [-0.15, -0.1) is 0 Å². The fraction of sp³-hybridized carbons (Fsp3) is 0.263. The molecule has 0 radical (unpaired) electrons. The molecule has 3 rings (SSSR count). The molecule has 0 amide bonds. The number of aryl methyl sites for hydroxylation is 1.